The first-order valence-corrected chi connectivity index (χ1v) is 6.19. The standard InChI is InChI=1S/C16H16O3/c1-9-5-15-11(7-13(9)17-3)12-8-14(18-4)10(2)6-16(12)19-15/h5-8H,1-4H3. The van der Waals surface area contributed by atoms with Crippen LogP contribution in [-0.4, -0.2) is 14.2 Å². The largest absolute Gasteiger partial charge is 0.496 e. The van der Waals surface area contributed by atoms with Crippen molar-refractivity contribution in [2.75, 3.05) is 14.2 Å². The number of fused-ring (bicyclic) bond motifs is 3. The minimum atomic E-state index is 0.870. The van der Waals surface area contributed by atoms with Crippen LogP contribution in [0.3, 0.4) is 0 Å². The average molecular weight is 256 g/mol. The zero-order valence-electron chi connectivity index (χ0n) is 11.5. The summed E-state index contributed by atoms with van der Waals surface area (Å²) in [6.07, 6.45) is 0. The topological polar surface area (TPSA) is 31.6 Å². The Bertz CT molecular complexity index is 704. The molecule has 0 amide bonds. The summed E-state index contributed by atoms with van der Waals surface area (Å²) in [5.74, 6) is 1.74. The van der Waals surface area contributed by atoms with E-state index in [2.05, 4.69) is 0 Å². The fraction of sp³-hybridized carbons (Fsp3) is 0.250. The molecule has 0 aliphatic heterocycles. The molecule has 0 N–H and O–H groups in total. The van der Waals surface area contributed by atoms with E-state index in [9.17, 15) is 0 Å². The van der Waals surface area contributed by atoms with Gasteiger partial charge in [0.2, 0.25) is 0 Å². The molecule has 0 saturated heterocycles. The van der Waals surface area contributed by atoms with Crippen molar-refractivity contribution in [2.45, 2.75) is 13.8 Å². The van der Waals surface area contributed by atoms with Crippen LogP contribution in [0.15, 0.2) is 28.7 Å². The van der Waals surface area contributed by atoms with Crippen LogP contribution < -0.4 is 9.47 Å². The number of hydrogen-bond donors (Lipinski definition) is 0. The Labute approximate surface area is 111 Å². The monoisotopic (exact) mass is 256 g/mol. The van der Waals surface area contributed by atoms with Crippen LogP contribution >= 0.6 is 0 Å². The van der Waals surface area contributed by atoms with Gasteiger partial charge in [-0.25, -0.2) is 0 Å². The van der Waals surface area contributed by atoms with E-state index >= 15 is 0 Å². The molecule has 0 saturated carbocycles. The van der Waals surface area contributed by atoms with Crippen molar-refractivity contribution in [3.63, 3.8) is 0 Å². The molecule has 3 rings (SSSR count). The van der Waals surface area contributed by atoms with Gasteiger partial charge in [0.25, 0.3) is 0 Å². The Kier molecular flexibility index (Phi) is 2.63. The fourth-order valence-corrected chi connectivity index (χ4v) is 2.47. The molecular weight excluding hydrogens is 240 g/mol. The fourth-order valence-electron chi connectivity index (χ4n) is 2.47. The molecule has 98 valence electrons. The number of aryl methyl sites for hydroxylation is 2. The normalized spacial score (nSPS) is 11.2. The molecule has 3 aromatic rings. The molecule has 0 atom stereocenters. The van der Waals surface area contributed by atoms with E-state index in [0.29, 0.717) is 0 Å². The first kappa shape index (κ1) is 11.9. The molecule has 0 bridgehead atoms. The maximum absolute atomic E-state index is 5.90. The Morgan fingerprint density at radius 3 is 1.53 bits per heavy atom. The van der Waals surface area contributed by atoms with Crippen molar-refractivity contribution in [1.29, 1.82) is 0 Å². The van der Waals surface area contributed by atoms with Crippen LogP contribution in [0.4, 0.5) is 0 Å². The molecule has 3 heteroatoms. The number of rotatable bonds is 2. The molecule has 1 heterocycles. The molecule has 1 aromatic heterocycles. The summed E-state index contributed by atoms with van der Waals surface area (Å²) in [6.45, 7) is 4.02. The quantitative estimate of drug-likeness (QED) is 0.688. The van der Waals surface area contributed by atoms with Crippen molar-refractivity contribution in [3.8, 4) is 11.5 Å². The zero-order valence-corrected chi connectivity index (χ0v) is 11.5. The predicted molar refractivity (Wildman–Crippen MR) is 76.3 cm³/mol. The van der Waals surface area contributed by atoms with Gasteiger partial charge in [-0.3, -0.25) is 0 Å². The second-order valence-corrected chi connectivity index (χ2v) is 4.74. The predicted octanol–water partition coefficient (Wildman–Crippen LogP) is 4.22. The highest BCUT2D eigenvalue weighted by Crippen LogP contribution is 2.36. The summed E-state index contributed by atoms with van der Waals surface area (Å²) in [5, 5.41) is 2.10. The average Bonchev–Trinajstić information content (AvgIpc) is 2.72. The van der Waals surface area contributed by atoms with Gasteiger partial charge in [0, 0.05) is 10.8 Å². The minimum Gasteiger partial charge on any atom is -0.496 e. The number of hydrogen-bond acceptors (Lipinski definition) is 3. The Morgan fingerprint density at radius 2 is 1.16 bits per heavy atom. The summed E-state index contributed by atoms with van der Waals surface area (Å²) < 4.78 is 16.7. The van der Waals surface area contributed by atoms with Crippen LogP contribution in [0.2, 0.25) is 0 Å². The zero-order chi connectivity index (χ0) is 13.6. The number of ether oxygens (including phenoxy) is 2. The van der Waals surface area contributed by atoms with Gasteiger partial charge in [-0.05, 0) is 49.2 Å². The van der Waals surface area contributed by atoms with Crippen LogP contribution in [0.1, 0.15) is 11.1 Å². The van der Waals surface area contributed by atoms with Gasteiger partial charge in [0.1, 0.15) is 22.7 Å². The third kappa shape index (κ3) is 1.73. The second-order valence-electron chi connectivity index (χ2n) is 4.74. The summed E-state index contributed by atoms with van der Waals surface area (Å²) >= 11 is 0. The smallest absolute Gasteiger partial charge is 0.135 e. The van der Waals surface area contributed by atoms with Crippen molar-refractivity contribution in [3.05, 3.63) is 35.4 Å². The second kappa shape index (κ2) is 4.19. The van der Waals surface area contributed by atoms with Gasteiger partial charge in [-0.2, -0.15) is 0 Å². The van der Waals surface area contributed by atoms with Crippen molar-refractivity contribution >= 4 is 21.9 Å². The maximum Gasteiger partial charge on any atom is 0.135 e. The molecule has 19 heavy (non-hydrogen) atoms. The number of furan rings is 1. The number of methoxy groups -OCH3 is 2. The van der Waals surface area contributed by atoms with Crippen molar-refractivity contribution in [2.24, 2.45) is 0 Å². The van der Waals surface area contributed by atoms with Gasteiger partial charge >= 0.3 is 0 Å². The van der Waals surface area contributed by atoms with E-state index in [4.69, 9.17) is 13.9 Å². The molecule has 0 fully saturated rings. The minimum absolute atomic E-state index is 0.870. The number of benzene rings is 2. The van der Waals surface area contributed by atoms with E-state index in [-0.39, 0.29) is 0 Å². The first-order chi connectivity index (χ1) is 9.13. The molecular formula is C16H16O3. The van der Waals surface area contributed by atoms with E-state index < -0.39 is 0 Å². The Balaban J connectivity index is 2.41. The van der Waals surface area contributed by atoms with Gasteiger partial charge in [0.05, 0.1) is 14.2 Å². The molecule has 0 aliphatic carbocycles. The molecule has 2 aromatic carbocycles. The Morgan fingerprint density at radius 1 is 0.737 bits per heavy atom. The molecule has 3 nitrogen and oxygen atoms in total. The van der Waals surface area contributed by atoms with Crippen molar-refractivity contribution in [1.82, 2.24) is 0 Å². The van der Waals surface area contributed by atoms with Gasteiger partial charge in [0.15, 0.2) is 0 Å². The van der Waals surface area contributed by atoms with Crippen LogP contribution in [-0.2, 0) is 0 Å². The molecule has 0 aliphatic rings. The van der Waals surface area contributed by atoms with E-state index in [1.54, 1.807) is 14.2 Å². The third-order valence-corrected chi connectivity index (χ3v) is 3.50. The lowest BCUT2D eigenvalue weighted by Gasteiger charge is -2.04. The van der Waals surface area contributed by atoms with Crippen LogP contribution in [0.25, 0.3) is 21.9 Å². The van der Waals surface area contributed by atoms with Gasteiger partial charge in [-0.15, -0.1) is 0 Å². The van der Waals surface area contributed by atoms with Gasteiger partial charge in [-0.1, -0.05) is 0 Å². The maximum atomic E-state index is 5.90. The highest BCUT2D eigenvalue weighted by molar-refractivity contribution is 6.06. The summed E-state index contributed by atoms with van der Waals surface area (Å²) in [6, 6.07) is 8.06. The third-order valence-electron chi connectivity index (χ3n) is 3.50. The van der Waals surface area contributed by atoms with E-state index in [1.165, 1.54) is 0 Å². The van der Waals surface area contributed by atoms with Crippen molar-refractivity contribution < 1.29 is 13.9 Å². The summed E-state index contributed by atoms with van der Waals surface area (Å²) in [5.41, 5.74) is 3.89. The van der Waals surface area contributed by atoms with Crippen LogP contribution in [0, 0.1) is 13.8 Å². The van der Waals surface area contributed by atoms with Crippen LogP contribution in [0.5, 0.6) is 11.5 Å². The molecule has 0 unspecified atom stereocenters. The van der Waals surface area contributed by atoms with E-state index in [1.807, 2.05) is 38.1 Å². The highest BCUT2D eigenvalue weighted by atomic mass is 16.5. The lowest BCUT2D eigenvalue weighted by molar-refractivity contribution is 0.412. The van der Waals surface area contributed by atoms with Gasteiger partial charge < -0.3 is 13.9 Å². The molecule has 0 radical (unpaired) electrons. The molecule has 0 spiro atoms. The van der Waals surface area contributed by atoms with E-state index in [0.717, 1.165) is 44.6 Å². The first-order valence-electron chi connectivity index (χ1n) is 6.19. The summed E-state index contributed by atoms with van der Waals surface area (Å²) in [7, 11) is 3.36. The summed E-state index contributed by atoms with van der Waals surface area (Å²) in [4.78, 5) is 0. The SMILES string of the molecule is COc1cc2c(cc1C)oc1cc(C)c(OC)cc12. The lowest BCUT2D eigenvalue weighted by atomic mass is 10.1. The lowest BCUT2D eigenvalue weighted by Crippen LogP contribution is -1.87. The Hall–Kier alpha value is -2.16. The highest BCUT2D eigenvalue weighted by Gasteiger charge is 2.12.